The van der Waals surface area contributed by atoms with Crippen LogP contribution in [0.2, 0.25) is 0 Å². The SMILES string of the molecule is C=C(C)N1CCc2cc(Br)c(S(=O)(=O)n3cc(C(C)(C)O)nn3)cc21. The number of allylic oxidation sites excluding steroid dienone is 1. The van der Waals surface area contributed by atoms with E-state index >= 15 is 0 Å². The summed E-state index contributed by atoms with van der Waals surface area (Å²) in [6, 6.07) is 3.45. The number of rotatable bonds is 4. The fourth-order valence-corrected chi connectivity index (χ4v) is 4.87. The molecule has 1 aliphatic rings. The average Bonchev–Trinajstić information content (AvgIpc) is 3.12. The average molecular weight is 427 g/mol. The van der Waals surface area contributed by atoms with Crippen LogP contribution in [0.15, 0.2) is 40.0 Å². The second kappa shape index (κ2) is 5.93. The number of anilines is 1. The minimum Gasteiger partial charge on any atom is -0.384 e. The molecule has 1 aromatic carbocycles. The van der Waals surface area contributed by atoms with E-state index < -0.39 is 15.6 Å². The summed E-state index contributed by atoms with van der Waals surface area (Å²) in [5.41, 5.74) is 1.65. The zero-order valence-corrected chi connectivity index (χ0v) is 16.6. The largest absolute Gasteiger partial charge is 0.384 e. The Morgan fingerprint density at radius 1 is 1.40 bits per heavy atom. The first-order valence-corrected chi connectivity index (χ1v) is 9.91. The second-order valence-electron chi connectivity index (χ2n) is 6.59. The third-order valence-corrected chi connectivity index (χ3v) is 6.60. The maximum absolute atomic E-state index is 13.0. The van der Waals surface area contributed by atoms with Gasteiger partial charge in [0.25, 0.3) is 10.0 Å². The number of hydrogen-bond acceptors (Lipinski definition) is 6. The molecule has 0 bridgehead atoms. The molecule has 9 heteroatoms. The van der Waals surface area contributed by atoms with Crippen LogP contribution < -0.4 is 4.90 Å². The first kappa shape index (κ1) is 18.1. The molecule has 2 heterocycles. The van der Waals surface area contributed by atoms with E-state index in [9.17, 15) is 13.5 Å². The monoisotopic (exact) mass is 426 g/mol. The molecule has 3 rings (SSSR count). The van der Waals surface area contributed by atoms with Gasteiger partial charge in [0.1, 0.15) is 16.2 Å². The highest BCUT2D eigenvalue weighted by atomic mass is 79.9. The molecule has 0 unspecified atom stereocenters. The number of aliphatic hydroxyl groups is 1. The molecule has 0 spiro atoms. The van der Waals surface area contributed by atoms with Gasteiger partial charge in [-0.1, -0.05) is 11.8 Å². The van der Waals surface area contributed by atoms with Gasteiger partial charge in [-0.05, 0) is 60.8 Å². The lowest BCUT2D eigenvalue weighted by atomic mass is 10.1. The molecule has 1 aliphatic heterocycles. The van der Waals surface area contributed by atoms with Gasteiger partial charge in [0.15, 0.2) is 0 Å². The van der Waals surface area contributed by atoms with Crippen LogP contribution in [-0.4, -0.2) is 34.5 Å². The first-order valence-electron chi connectivity index (χ1n) is 7.68. The highest BCUT2D eigenvalue weighted by Crippen LogP contribution is 2.37. The van der Waals surface area contributed by atoms with Gasteiger partial charge in [0, 0.05) is 22.4 Å². The van der Waals surface area contributed by atoms with Crippen LogP contribution in [-0.2, 0) is 22.0 Å². The lowest BCUT2D eigenvalue weighted by Gasteiger charge is -2.20. The van der Waals surface area contributed by atoms with Crippen molar-refractivity contribution < 1.29 is 13.5 Å². The Morgan fingerprint density at radius 2 is 2.08 bits per heavy atom. The van der Waals surface area contributed by atoms with Crippen LogP contribution in [0.1, 0.15) is 32.0 Å². The minimum atomic E-state index is -3.95. The van der Waals surface area contributed by atoms with Gasteiger partial charge in [0.05, 0.1) is 6.20 Å². The maximum Gasteiger partial charge on any atom is 0.285 e. The van der Waals surface area contributed by atoms with Crippen LogP contribution in [0.4, 0.5) is 5.69 Å². The summed E-state index contributed by atoms with van der Waals surface area (Å²) in [7, 11) is -3.95. The molecule has 0 atom stereocenters. The molecule has 0 saturated carbocycles. The van der Waals surface area contributed by atoms with Crippen LogP contribution in [0.5, 0.6) is 0 Å². The van der Waals surface area contributed by atoms with Crippen molar-refractivity contribution in [2.75, 3.05) is 11.4 Å². The van der Waals surface area contributed by atoms with E-state index in [1.165, 1.54) is 20.0 Å². The molecule has 0 fully saturated rings. The molecular formula is C16H19BrN4O3S. The van der Waals surface area contributed by atoms with Gasteiger partial charge in [0.2, 0.25) is 0 Å². The molecule has 0 amide bonds. The van der Waals surface area contributed by atoms with Gasteiger partial charge in [-0.25, -0.2) is 0 Å². The number of hydrogen-bond donors (Lipinski definition) is 1. The summed E-state index contributed by atoms with van der Waals surface area (Å²) >= 11 is 3.36. The molecule has 0 saturated heterocycles. The van der Waals surface area contributed by atoms with Crippen molar-refractivity contribution in [3.8, 4) is 0 Å². The minimum absolute atomic E-state index is 0.0894. The number of benzene rings is 1. The van der Waals surface area contributed by atoms with Crippen molar-refractivity contribution >= 4 is 31.6 Å². The summed E-state index contributed by atoms with van der Waals surface area (Å²) in [5.74, 6) is 0. The topological polar surface area (TPSA) is 88.3 Å². The van der Waals surface area contributed by atoms with Crippen molar-refractivity contribution in [3.63, 3.8) is 0 Å². The van der Waals surface area contributed by atoms with Gasteiger partial charge in [-0.15, -0.1) is 9.19 Å². The Labute approximate surface area is 155 Å². The van der Waals surface area contributed by atoms with E-state index in [0.717, 1.165) is 34.0 Å². The maximum atomic E-state index is 13.0. The zero-order valence-electron chi connectivity index (χ0n) is 14.2. The van der Waals surface area contributed by atoms with Crippen molar-refractivity contribution in [1.82, 2.24) is 14.4 Å². The fraction of sp³-hybridized carbons (Fsp3) is 0.375. The number of nitrogens with zero attached hydrogens (tertiary/aromatic N) is 4. The normalized spacial score (nSPS) is 14.7. The Hall–Kier alpha value is -1.71. The van der Waals surface area contributed by atoms with E-state index in [0.29, 0.717) is 4.47 Å². The van der Waals surface area contributed by atoms with Crippen LogP contribution in [0.3, 0.4) is 0 Å². The predicted molar refractivity (Wildman–Crippen MR) is 97.9 cm³/mol. The molecule has 1 aromatic heterocycles. The summed E-state index contributed by atoms with van der Waals surface area (Å²) in [5, 5.41) is 17.4. The van der Waals surface area contributed by atoms with Crippen molar-refractivity contribution in [3.05, 3.63) is 46.3 Å². The van der Waals surface area contributed by atoms with Crippen LogP contribution in [0.25, 0.3) is 0 Å². The van der Waals surface area contributed by atoms with Crippen molar-refractivity contribution in [1.29, 1.82) is 0 Å². The summed E-state index contributed by atoms with van der Waals surface area (Å²) in [6.07, 6.45) is 2.05. The number of aromatic nitrogens is 3. The van der Waals surface area contributed by atoms with Crippen molar-refractivity contribution in [2.45, 2.75) is 37.7 Å². The van der Waals surface area contributed by atoms with Crippen molar-refractivity contribution in [2.24, 2.45) is 0 Å². The summed E-state index contributed by atoms with van der Waals surface area (Å²) in [4.78, 5) is 2.08. The van der Waals surface area contributed by atoms with E-state index in [1.54, 1.807) is 6.07 Å². The molecule has 2 aromatic rings. The second-order valence-corrected chi connectivity index (χ2v) is 9.21. The first-order chi connectivity index (χ1) is 11.5. The third kappa shape index (κ3) is 3.11. The number of halogens is 1. The molecular weight excluding hydrogens is 408 g/mol. The molecule has 0 radical (unpaired) electrons. The Morgan fingerprint density at radius 3 is 2.64 bits per heavy atom. The number of fused-ring (bicyclic) bond motifs is 1. The highest BCUT2D eigenvalue weighted by Gasteiger charge is 2.29. The quantitative estimate of drug-likeness (QED) is 0.807. The van der Waals surface area contributed by atoms with Gasteiger partial charge >= 0.3 is 0 Å². The summed E-state index contributed by atoms with van der Waals surface area (Å²) < 4.78 is 27.2. The third-order valence-electron chi connectivity index (χ3n) is 4.11. The molecule has 134 valence electrons. The Kier molecular flexibility index (Phi) is 4.29. The lowest BCUT2D eigenvalue weighted by Crippen LogP contribution is -2.18. The fourth-order valence-electron chi connectivity index (χ4n) is 2.73. The predicted octanol–water partition coefficient (Wildman–Crippen LogP) is 2.40. The van der Waals surface area contributed by atoms with Crippen LogP contribution >= 0.6 is 15.9 Å². The lowest BCUT2D eigenvalue weighted by molar-refractivity contribution is 0.0737. The standard InChI is InChI=1S/C16H19BrN4O3S/c1-10(2)20-6-5-11-7-12(17)14(8-13(11)20)25(23,24)21-9-15(18-19-21)16(3,4)22/h7-9,22H,1,5-6H2,2-4H3. The molecule has 25 heavy (non-hydrogen) atoms. The molecule has 0 aliphatic carbocycles. The van der Waals surface area contributed by atoms with Gasteiger partial charge < -0.3 is 10.0 Å². The van der Waals surface area contributed by atoms with E-state index in [1.807, 2.05) is 17.9 Å². The Bertz CT molecular complexity index is 960. The smallest absolute Gasteiger partial charge is 0.285 e. The van der Waals surface area contributed by atoms with Crippen LogP contribution in [0, 0.1) is 0 Å². The molecule has 1 N–H and O–H groups in total. The van der Waals surface area contributed by atoms with Gasteiger partial charge in [-0.2, -0.15) is 8.42 Å². The molecule has 7 nitrogen and oxygen atoms in total. The highest BCUT2D eigenvalue weighted by molar-refractivity contribution is 9.10. The van der Waals surface area contributed by atoms with E-state index in [-0.39, 0.29) is 10.6 Å². The van der Waals surface area contributed by atoms with E-state index in [2.05, 4.69) is 32.8 Å². The zero-order chi connectivity index (χ0) is 18.6. The van der Waals surface area contributed by atoms with E-state index in [4.69, 9.17) is 0 Å². The summed E-state index contributed by atoms with van der Waals surface area (Å²) in [6.45, 7) is 9.64. The van der Waals surface area contributed by atoms with Gasteiger partial charge in [-0.3, -0.25) is 0 Å². The Balaban J connectivity index is 2.11.